The van der Waals surface area contributed by atoms with Crippen LogP contribution in [0.25, 0.3) is 0 Å². The number of rotatable bonds is 3. The van der Waals surface area contributed by atoms with Crippen molar-refractivity contribution in [2.24, 2.45) is 0 Å². The molecule has 0 bridgehead atoms. The van der Waals surface area contributed by atoms with E-state index in [9.17, 15) is 4.57 Å². The number of hydrogen-bond acceptors (Lipinski definition) is 1. The molecule has 0 saturated heterocycles. The average molecular weight is 169 g/mol. The summed E-state index contributed by atoms with van der Waals surface area (Å²) in [6.45, 7) is 5.52. The fourth-order valence-corrected chi connectivity index (χ4v) is 1.65. The standard InChI is InChI=1S/C6H14ClOP/c1-4-5-6(7)9(2,3)8/h6H,4-5H2,1-3H3/t6-/m1/s1. The van der Waals surface area contributed by atoms with Gasteiger partial charge >= 0.3 is 0 Å². The molecule has 0 fully saturated rings. The molecule has 56 valence electrons. The van der Waals surface area contributed by atoms with E-state index in [4.69, 9.17) is 11.6 Å². The van der Waals surface area contributed by atoms with Crippen molar-refractivity contribution in [3.05, 3.63) is 0 Å². The lowest BCUT2D eigenvalue weighted by Gasteiger charge is -2.11. The topological polar surface area (TPSA) is 17.1 Å². The fraction of sp³-hybridized carbons (Fsp3) is 1.00. The van der Waals surface area contributed by atoms with E-state index in [0.29, 0.717) is 0 Å². The van der Waals surface area contributed by atoms with Crippen LogP contribution in [0.5, 0.6) is 0 Å². The van der Waals surface area contributed by atoms with E-state index in [1.165, 1.54) is 0 Å². The Bertz CT molecular complexity index is 118. The molecule has 0 amide bonds. The molecule has 0 spiro atoms. The van der Waals surface area contributed by atoms with Gasteiger partial charge in [-0.2, -0.15) is 0 Å². The van der Waals surface area contributed by atoms with Gasteiger partial charge in [0.2, 0.25) is 0 Å². The molecule has 0 heterocycles. The first-order valence-electron chi connectivity index (χ1n) is 3.17. The Hall–Kier alpha value is 0.520. The van der Waals surface area contributed by atoms with Crippen molar-refractivity contribution in [3.63, 3.8) is 0 Å². The molecule has 0 aliphatic carbocycles. The van der Waals surface area contributed by atoms with Gasteiger partial charge in [0.1, 0.15) is 0 Å². The van der Waals surface area contributed by atoms with Crippen LogP contribution in [0, 0.1) is 0 Å². The summed E-state index contributed by atoms with van der Waals surface area (Å²) in [4.78, 5) is 0. The summed E-state index contributed by atoms with van der Waals surface area (Å²) in [7, 11) is -2.01. The zero-order valence-electron chi connectivity index (χ0n) is 6.22. The molecule has 0 unspecified atom stereocenters. The largest absolute Gasteiger partial charge is 0.323 e. The third kappa shape index (κ3) is 4.00. The van der Waals surface area contributed by atoms with Crippen molar-refractivity contribution in [2.75, 3.05) is 13.3 Å². The second-order valence-corrected chi connectivity index (χ2v) is 6.98. The van der Waals surface area contributed by atoms with Crippen molar-refractivity contribution >= 4 is 18.7 Å². The molecule has 9 heavy (non-hydrogen) atoms. The van der Waals surface area contributed by atoms with Crippen LogP contribution in [0.3, 0.4) is 0 Å². The van der Waals surface area contributed by atoms with Gasteiger partial charge in [0.25, 0.3) is 0 Å². The Kier molecular flexibility index (Phi) is 3.84. The van der Waals surface area contributed by atoms with Crippen molar-refractivity contribution in [1.82, 2.24) is 0 Å². The first kappa shape index (κ1) is 9.52. The highest BCUT2D eigenvalue weighted by Crippen LogP contribution is 2.46. The summed E-state index contributed by atoms with van der Waals surface area (Å²) in [5, 5.41) is -0.109. The summed E-state index contributed by atoms with van der Waals surface area (Å²) in [6.07, 6.45) is 1.88. The van der Waals surface area contributed by atoms with E-state index >= 15 is 0 Å². The minimum Gasteiger partial charge on any atom is -0.323 e. The fourth-order valence-electron chi connectivity index (χ4n) is 0.549. The molecule has 0 rings (SSSR count). The minimum atomic E-state index is -2.01. The van der Waals surface area contributed by atoms with Crippen LogP contribution in [-0.4, -0.2) is 18.4 Å². The van der Waals surface area contributed by atoms with E-state index in [1.54, 1.807) is 13.3 Å². The number of halogens is 1. The monoisotopic (exact) mass is 168 g/mol. The quantitative estimate of drug-likeness (QED) is 0.468. The molecular formula is C6H14ClOP. The van der Waals surface area contributed by atoms with Crippen LogP contribution in [0.15, 0.2) is 0 Å². The Morgan fingerprint density at radius 3 is 2.11 bits per heavy atom. The van der Waals surface area contributed by atoms with Crippen molar-refractivity contribution in [3.8, 4) is 0 Å². The minimum absolute atomic E-state index is 0.109. The van der Waals surface area contributed by atoms with Crippen molar-refractivity contribution in [2.45, 2.75) is 24.9 Å². The second kappa shape index (κ2) is 3.63. The zero-order chi connectivity index (χ0) is 7.49. The third-order valence-corrected chi connectivity index (χ3v) is 4.44. The highest BCUT2D eigenvalue weighted by molar-refractivity contribution is 7.64. The molecule has 0 radical (unpaired) electrons. The smallest absolute Gasteiger partial charge is 0.0988 e. The lowest BCUT2D eigenvalue weighted by Crippen LogP contribution is -1.96. The Balaban J connectivity index is 3.74. The van der Waals surface area contributed by atoms with E-state index < -0.39 is 7.14 Å². The third-order valence-electron chi connectivity index (χ3n) is 1.20. The number of alkyl halides is 1. The van der Waals surface area contributed by atoms with Crippen LogP contribution in [0.1, 0.15) is 19.8 Å². The Labute approximate surface area is 62.2 Å². The van der Waals surface area contributed by atoms with E-state index in [1.807, 2.05) is 6.92 Å². The lowest BCUT2D eigenvalue weighted by atomic mass is 10.4. The summed E-state index contributed by atoms with van der Waals surface area (Å²) in [5.74, 6) is 0. The Morgan fingerprint density at radius 1 is 1.56 bits per heavy atom. The summed E-state index contributed by atoms with van der Waals surface area (Å²) in [5.41, 5.74) is 0. The van der Waals surface area contributed by atoms with E-state index in [2.05, 4.69) is 0 Å². The highest BCUT2D eigenvalue weighted by Gasteiger charge is 2.18. The van der Waals surface area contributed by atoms with Crippen LogP contribution in [0.2, 0.25) is 0 Å². The maximum atomic E-state index is 11.2. The van der Waals surface area contributed by atoms with Gasteiger partial charge in [0.15, 0.2) is 0 Å². The molecule has 3 heteroatoms. The molecule has 0 N–H and O–H groups in total. The molecule has 0 aliphatic heterocycles. The van der Waals surface area contributed by atoms with Gasteiger partial charge in [0.05, 0.1) is 12.3 Å². The summed E-state index contributed by atoms with van der Waals surface area (Å²) >= 11 is 5.79. The molecule has 0 aromatic carbocycles. The van der Waals surface area contributed by atoms with Gasteiger partial charge in [-0.25, -0.2) is 0 Å². The predicted octanol–water partition coefficient (Wildman–Crippen LogP) is 2.97. The van der Waals surface area contributed by atoms with E-state index in [-0.39, 0.29) is 5.12 Å². The van der Waals surface area contributed by atoms with E-state index in [0.717, 1.165) is 12.8 Å². The highest BCUT2D eigenvalue weighted by atomic mass is 35.5. The van der Waals surface area contributed by atoms with Crippen molar-refractivity contribution < 1.29 is 4.57 Å². The molecular weight excluding hydrogens is 154 g/mol. The maximum Gasteiger partial charge on any atom is 0.0988 e. The predicted molar refractivity (Wildman–Crippen MR) is 44.0 cm³/mol. The molecule has 0 aromatic heterocycles. The molecule has 0 aliphatic rings. The van der Waals surface area contributed by atoms with Gasteiger partial charge in [-0.1, -0.05) is 13.3 Å². The molecule has 1 atom stereocenters. The van der Waals surface area contributed by atoms with Gasteiger partial charge < -0.3 is 4.57 Å². The van der Waals surface area contributed by atoms with Crippen LogP contribution >= 0.6 is 18.7 Å². The average Bonchev–Trinajstić information content (AvgIpc) is 1.64. The first-order chi connectivity index (χ1) is 3.98. The zero-order valence-corrected chi connectivity index (χ0v) is 7.88. The van der Waals surface area contributed by atoms with Crippen LogP contribution < -0.4 is 0 Å². The van der Waals surface area contributed by atoms with Crippen LogP contribution in [-0.2, 0) is 4.57 Å². The van der Waals surface area contributed by atoms with Gasteiger partial charge in [-0.15, -0.1) is 11.6 Å². The Morgan fingerprint density at radius 2 is 2.00 bits per heavy atom. The molecule has 0 aromatic rings. The van der Waals surface area contributed by atoms with Gasteiger partial charge in [0, 0.05) is 0 Å². The van der Waals surface area contributed by atoms with Crippen molar-refractivity contribution in [1.29, 1.82) is 0 Å². The number of hydrogen-bond donors (Lipinski definition) is 0. The first-order valence-corrected chi connectivity index (χ1v) is 6.28. The normalized spacial score (nSPS) is 15.6. The lowest BCUT2D eigenvalue weighted by molar-refractivity contribution is 0.577. The molecule has 0 saturated carbocycles. The van der Waals surface area contributed by atoms with Crippen LogP contribution in [0.4, 0.5) is 0 Å². The maximum absolute atomic E-state index is 11.2. The van der Waals surface area contributed by atoms with Gasteiger partial charge in [-0.3, -0.25) is 0 Å². The molecule has 1 nitrogen and oxygen atoms in total. The summed E-state index contributed by atoms with van der Waals surface area (Å²) < 4.78 is 11.2. The second-order valence-electron chi connectivity index (χ2n) is 2.66. The van der Waals surface area contributed by atoms with Gasteiger partial charge in [-0.05, 0) is 19.8 Å². The summed E-state index contributed by atoms with van der Waals surface area (Å²) in [6, 6.07) is 0. The SMILES string of the molecule is CCC[C@H](Cl)P(C)(C)=O.